The summed E-state index contributed by atoms with van der Waals surface area (Å²) in [5.41, 5.74) is 4.68. The van der Waals surface area contributed by atoms with Crippen LogP contribution in [0.25, 0.3) is 11.3 Å². The van der Waals surface area contributed by atoms with Gasteiger partial charge in [0, 0.05) is 24.3 Å². The van der Waals surface area contributed by atoms with Crippen LogP contribution in [-0.2, 0) is 14.8 Å². The van der Waals surface area contributed by atoms with Gasteiger partial charge in [-0.25, -0.2) is 8.42 Å². The SMILES string of the molecule is Cc1cc(C)c(S(=O)(=O)Nc2cccc(-c3ccc(N4CCOCC4)nn3)c2)cc1C. The molecule has 1 fully saturated rings. The normalized spacial score (nSPS) is 14.5. The van der Waals surface area contributed by atoms with E-state index in [1.807, 2.05) is 45.0 Å². The standard InChI is InChI=1S/C23H26N4O3S/c1-16-13-18(3)22(14-17(16)2)31(28,29)26-20-6-4-5-19(15-20)21-7-8-23(25-24-21)27-9-11-30-12-10-27/h4-8,13-15,26H,9-12H2,1-3H3. The van der Waals surface area contributed by atoms with Gasteiger partial charge >= 0.3 is 0 Å². The summed E-state index contributed by atoms with van der Waals surface area (Å²) in [6.45, 7) is 8.65. The van der Waals surface area contributed by atoms with Crippen LogP contribution in [0.4, 0.5) is 11.5 Å². The molecular weight excluding hydrogens is 412 g/mol. The van der Waals surface area contributed by atoms with Gasteiger partial charge in [-0.3, -0.25) is 4.72 Å². The molecule has 0 atom stereocenters. The maximum atomic E-state index is 13.0. The fraction of sp³-hybridized carbons (Fsp3) is 0.304. The van der Waals surface area contributed by atoms with Crippen LogP contribution in [0.5, 0.6) is 0 Å². The van der Waals surface area contributed by atoms with E-state index in [2.05, 4.69) is 19.8 Å². The van der Waals surface area contributed by atoms with E-state index in [1.165, 1.54) is 0 Å². The lowest BCUT2D eigenvalue weighted by Gasteiger charge is -2.27. The third kappa shape index (κ3) is 4.70. The van der Waals surface area contributed by atoms with Crippen molar-refractivity contribution in [2.45, 2.75) is 25.7 Å². The van der Waals surface area contributed by atoms with Gasteiger partial charge in [-0.15, -0.1) is 10.2 Å². The van der Waals surface area contributed by atoms with Crippen LogP contribution >= 0.6 is 0 Å². The molecular formula is C23H26N4O3S. The summed E-state index contributed by atoms with van der Waals surface area (Å²) < 4.78 is 34.1. The summed E-state index contributed by atoms with van der Waals surface area (Å²) in [5, 5.41) is 8.69. The van der Waals surface area contributed by atoms with Gasteiger partial charge in [-0.05, 0) is 67.8 Å². The quantitative estimate of drug-likeness (QED) is 0.654. The fourth-order valence-electron chi connectivity index (χ4n) is 3.62. The van der Waals surface area contributed by atoms with Crippen LogP contribution in [0, 0.1) is 20.8 Å². The van der Waals surface area contributed by atoms with Gasteiger partial charge in [0.05, 0.1) is 23.8 Å². The van der Waals surface area contributed by atoms with Crippen LogP contribution in [-0.4, -0.2) is 44.9 Å². The molecule has 8 heteroatoms. The second-order valence-electron chi connectivity index (χ2n) is 7.76. The van der Waals surface area contributed by atoms with E-state index in [-0.39, 0.29) is 4.90 Å². The van der Waals surface area contributed by atoms with E-state index < -0.39 is 10.0 Å². The second-order valence-corrected chi connectivity index (χ2v) is 9.42. The second kappa shape index (κ2) is 8.64. The number of nitrogens with zero attached hydrogens (tertiary/aromatic N) is 3. The van der Waals surface area contributed by atoms with E-state index in [4.69, 9.17) is 4.74 Å². The minimum absolute atomic E-state index is 0.288. The predicted octanol–water partition coefficient (Wildman–Crippen LogP) is 3.71. The lowest BCUT2D eigenvalue weighted by atomic mass is 10.1. The van der Waals surface area contributed by atoms with E-state index >= 15 is 0 Å². The molecule has 1 aliphatic heterocycles. The Labute approximate surface area is 183 Å². The first-order valence-corrected chi connectivity index (χ1v) is 11.7. The number of morpholine rings is 1. The summed E-state index contributed by atoms with van der Waals surface area (Å²) in [6.07, 6.45) is 0. The van der Waals surface area contributed by atoms with Crippen molar-refractivity contribution in [3.63, 3.8) is 0 Å². The van der Waals surface area contributed by atoms with Crippen molar-refractivity contribution in [2.24, 2.45) is 0 Å². The Hall–Kier alpha value is -2.97. The molecule has 0 spiro atoms. The number of nitrogens with one attached hydrogen (secondary N) is 1. The maximum absolute atomic E-state index is 13.0. The number of rotatable bonds is 5. The van der Waals surface area contributed by atoms with Crippen molar-refractivity contribution >= 4 is 21.5 Å². The Morgan fingerprint density at radius 3 is 2.35 bits per heavy atom. The van der Waals surface area contributed by atoms with E-state index in [1.54, 1.807) is 24.3 Å². The molecule has 7 nitrogen and oxygen atoms in total. The highest BCUT2D eigenvalue weighted by molar-refractivity contribution is 7.92. The van der Waals surface area contributed by atoms with Gasteiger partial charge in [0.2, 0.25) is 0 Å². The third-order valence-electron chi connectivity index (χ3n) is 5.48. The van der Waals surface area contributed by atoms with Crippen molar-refractivity contribution in [3.8, 4) is 11.3 Å². The Bertz CT molecular complexity index is 1190. The molecule has 162 valence electrons. The van der Waals surface area contributed by atoms with Gasteiger partial charge in [0.15, 0.2) is 5.82 Å². The van der Waals surface area contributed by atoms with Crippen molar-refractivity contribution in [1.82, 2.24) is 10.2 Å². The number of aromatic nitrogens is 2. The lowest BCUT2D eigenvalue weighted by Crippen LogP contribution is -2.36. The van der Waals surface area contributed by atoms with E-state index in [9.17, 15) is 8.42 Å². The van der Waals surface area contributed by atoms with Crippen molar-refractivity contribution in [3.05, 3.63) is 65.2 Å². The number of anilines is 2. The Kier molecular flexibility index (Phi) is 5.93. The zero-order valence-corrected chi connectivity index (χ0v) is 18.7. The number of hydrogen-bond acceptors (Lipinski definition) is 6. The highest BCUT2D eigenvalue weighted by Crippen LogP contribution is 2.26. The summed E-state index contributed by atoms with van der Waals surface area (Å²) in [5.74, 6) is 0.814. The number of sulfonamides is 1. The van der Waals surface area contributed by atoms with Crippen molar-refractivity contribution in [1.29, 1.82) is 0 Å². The first kappa shape index (κ1) is 21.3. The fourth-order valence-corrected chi connectivity index (χ4v) is 4.98. The molecule has 1 aromatic heterocycles. The van der Waals surface area contributed by atoms with Crippen molar-refractivity contribution < 1.29 is 13.2 Å². The predicted molar refractivity (Wildman–Crippen MR) is 122 cm³/mol. The molecule has 1 saturated heterocycles. The molecule has 2 aromatic carbocycles. The van der Waals surface area contributed by atoms with Crippen LogP contribution in [0.15, 0.2) is 53.4 Å². The molecule has 3 aromatic rings. The number of ether oxygens (including phenoxy) is 1. The maximum Gasteiger partial charge on any atom is 0.262 e. The van der Waals surface area contributed by atoms with Gasteiger partial charge in [0.1, 0.15) is 0 Å². The highest BCUT2D eigenvalue weighted by atomic mass is 32.2. The molecule has 0 amide bonds. The van der Waals surface area contributed by atoms with Crippen LogP contribution < -0.4 is 9.62 Å². The third-order valence-corrected chi connectivity index (χ3v) is 7.00. The van der Waals surface area contributed by atoms with E-state index in [0.29, 0.717) is 24.6 Å². The zero-order valence-electron chi connectivity index (χ0n) is 17.9. The topological polar surface area (TPSA) is 84.4 Å². The summed E-state index contributed by atoms with van der Waals surface area (Å²) in [6, 6.07) is 14.6. The minimum Gasteiger partial charge on any atom is -0.378 e. The molecule has 0 bridgehead atoms. The molecule has 0 radical (unpaired) electrons. The molecule has 2 heterocycles. The van der Waals surface area contributed by atoms with Crippen LogP contribution in [0.1, 0.15) is 16.7 Å². The molecule has 31 heavy (non-hydrogen) atoms. The Balaban J connectivity index is 1.56. The van der Waals surface area contributed by atoms with Crippen molar-refractivity contribution in [2.75, 3.05) is 35.9 Å². The average Bonchev–Trinajstić information content (AvgIpc) is 2.77. The highest BCUT2D eigenvalue weighted by Gasteiger charge is 2.19. The van der Waals surface area contributed by atoms with E-state index in [0.717, 1.165) is 41.2 Å². The summed E-state index contributed by atoms with van der Waals surface area (Å²) in [4.78, 5) is 2.42. The van der Waals surface area contributed by atoms with Gasteiger partial charge < -0.3 is 9.64 Å². The molecule has 4 rings (SSSR count). The first-order chi connectivity index (χ1) is 14.8. The number of benzene rings is 2. The minimum atomic E-state index is -3.71. The summed E-state index contributed by atoms with van der Waals surface area (Å²) >= 11 is 0. The smallest absolute Gasteiger partial charge is 0.262 e. The first-order valence-electron chi connectivity index (χ1n) is 10.2. The molecule has 0 unspecified atom stereocenters. The largest absolute Gasteiger partial charge is 0.378 e. The summed E-state index contributed by atoms with van der Waals surface area (Å²) in [7, 11) is -3.71. The molecule has 0 aliphatic carbocycles. The number of aryl methyl sites for hydroxylation is 3. The van der Waals surface area contributed by atoms with Crippen LogP contribution in [0.2, 0.25) is 0 Å². The van der Waals surface area contributed by atoms with Gasteiger partial charge in [-0.2, -0.15) is 0 Å². The van der Waals surface area contributed by atoms with Crippen LogP contribution in [0.3, 0.4) is 0 Å². The average molecular weight is 439 g/mol. The van der Waals surface area contributed by atoms with Gasteiger partial charge in [-0.1, -0.05) is 18.2 Å². The Morgan fingerprint density at radius 1 is 0.903 bits per heavy atom. The monoisotopic (exact) mass is 438 g/mol. The lowest BCUT2D eigenvalue weighted by molar-refractivity contribution is 0.122. The van der Waals surface area contributed by atoms with Gasteiger partial charge in [0.25, 0.3) is 10.0 Å². The zero-order chi connectivity index (χ0) is 22.0. The Morgan fingerprint density at radius 2 is 1.65 bits per heavy atom. The molecule has 1 aliphatic rings. The molecule has 0 saturated carbocycles. The molecule has 1 N–H and O–H groups in total. The number of hydrogen-bond donors (Lipinski definition) is 1.